The number of benzene rings is 2. The summed E-state index contributed by atoms with van der Waals surface area (Å²) in [5.74, 6) is -0.547. The van der Waals surface area contributed by atoms with Crippen LogP contribution in [0.1, 0.15) is 16.8 Å². The summed E-state index contributed by atoms with van der Waals surface area (Å²) in [5.41, 5.74) is 0.716. The highest BCUT2D eigenvalue weighted by molar-refractivity contribution is 9.12. The maximum Gasteiger partial charge on any atom is 0.347 e. The Labute approximate surface area is 196 Å². The fourth-order valence-corrected chi connectivity index (χ4v) is 7.14. The highest BCUT2D eigenvalue weighted by Gasteiger charge is 2.66. The zero-order valence-electron chi connectivity index (χ0n) is 16.5. The Morgan fingerprint density at radius 3 is 2.26 bits per heavy atom. The minimum atomic E-state index is -0.576. The first-order valence-electron chi connectivity index (χ1n) is 10.0. The van der Waals surface area contributed by atoms with Crippen molar-refractivity contribution in [2.75, 3.05) is 12.0 Å². The van der Waals surface area contributed by atoms with Crippen LogP contribution in [0.15, 0.2) is 48.5 Å². The average Bonchev–Trinajstić information content (AvgIpc) is 3.38. The van der Waals surface area contributed by atoms with E-state index in [9.17, 15) is 14.4 Å². The predicted molar refractivity (Wildman–Crippen MR) is 121 cm³/mol. The number of imide groups is 1. The number of halogens is 2. The van der Waals surface area contributed by atoms with Crippen LogP contribution in [0.5, 0.6) is 11.5 Å². The number of fused-ring (bicyclic) bond motifs is 5. The second-order valence-corrected chi connectivity index (χ2v) is 10.2. The quantitative estimate of drug-likeness (QED) is 0.248. The normalized spacial score (nSPS) is 31.1. The third kappa shape index (κ3) is 3.14. The van der Waals surface area contributed by atoms with Crippen molar-refractivity contribution < 1.29 is 23.9 Å². The first-order chi connectivity index (χ1) is 14.9. The fourth-order valence-electron chi connectivity index (χ4n) is 5.26. The Kier molecular flexibility index (Phi) is 5.17. The third-order valence-electron chi connectivity index (χ3n) is 6.60. The molecule has 2 saturated carbocycles. The van der Waals surface area contributed by atoms with Crippen LogP contribution in [0.4, 0.5) is 5.69 Å². The van der Waals surface area contributed by atoms with Crippen molar-refractivity contribution in [1.82, 2.24) is 0 Å². The largest absolute Gasteiger partial charge is 0.496 e. The van der Waals surface area contributed by atoms with Crippen LogP contribution in [-0.4, -0.2) is 34.5 Å². The van der Waals surface area contributed by atoms with E-state index in [1.165, 1.54) is 12.0 Å². The van der Waals surface area contributed by atoms with Crippen molar-refractivity contribution in [3.8, 4) is 11.5 Å². The van der Waals surface area contributed by atoms with Gasteiger partial charge in [-0.1, -0.05) is 50.1 Å². The van der Waals surface area contributed by atoms with Gasteiger partial charge in [0.05, 0.1) is 24.6 Å². The number of amides is 2. The molecule has 5 rings (SSSR count). The van der Waals surface area contributed by atoms with Gasteiger partial charge in [-0.25, -0.2) is 9.69 Å². The molecule has 6 nitrogen and oxygen atoms in total. The molecule has 2 aliphatic carbocycles. The van der Waals surface area contributed by atoms with E-state index in [2.05, 4.69) is 31.9 Å². The number of ether oxygens (including phenoxy) is 2. The van der Waals surface area contributed by atoms with Gasteiger partial charge in [-0.3, -0.25) is 9.59 Å². The number of para-hydroxylation sites is 1. The van der Waals surface area contributed by atoms with E-state index >= 15 is 0 Å². The SMILES string of the molecule is COc1ccccc1C(=O)Oc1cccc(N2C(=O)[C@@H]3[C@H]4C[C@@H]([C@H](Br)[C@H]4Br)[C@@H]3C2=O)c1. The number of esters is 1. The molecule has 2 bridgehead atoms. The minimum absolute atomic E-state index is 0.146. The molecule has 2 aromatic carbocycles. The number of methoxy groups -OCH3 is 1. The molecule has 1 aliphatic heterocycles. The highest BCUT2D eigenvalue weighted by atomic mass is 79.9. The minimum Gasteiger partial charge on any atom is -0.496 e. The molecular formula is C23H19Br2NO5. The first kappa shape index (κ1) is 20.7. The molecule has 6 atom stereocenters. The van der Waals surface area contributed by atoms with Gasteiger partial charge in [0.15, 0.2) is 0 Å². The van der Waals surface area contributed by atoms with Gasteiger partial charge in [-0.05, 0) is 42.5 Å². The molecule has 3 fully saturated rings. The summed E-state index contributed by atoms with van der Waals surface area (Å²) in [5, 5.41) is 0. The molecule has 31 heavy (non-hydrogen) atoms. The van der Waals surface area contributed by atoms with Crippen LogP contribution in [0.2, 0.25) is 0 Å². The molecule has 1 heterocycles. The van der Waals surface area contributed by atoms with Gasteiger partial charge in [-0.15, -0.1) is 0 Å². The number of hydrogen-bond donors (Lipinski definition) is 0. The van der Waals surface area contributed by atoms with Crippen LogP contribution in [0.3, 0.4) is 0 Å². The van der Waals surface area contributed by atoms with E-state index in [-0.39, 0.29) is 50.9 Å². The monoisotopic (exact) mass is 547 g/mol. The van der Waals surface area contributed by atoms with Gasteiger partial charge in [0.25, 0.3) is 0 Å². The van der Waals surface area contributed by atoms with Crippen molar-refractivity contribution >= 4 is 55.3 Å². The van der Waals surface area contributed by atoms with E-state index in [0.29, 0.717) is 17.0 Å². The summed E-state index contributed by atoms with van der Waals surface area (Å²) in [4.78, 5) is 40.7. The van der Waals surface area contributed by atoms with Crippen molar-refractivity contribution in [1.29, 1.82) is 0 Å². The number of carbonyl (C=O) groups excluding carboxylic acids is 3. The Morgan fingerprint density at radius 2 is 1.61 bits per heavy atom. The maximum absolute atomic E-state index is 13.2. The van der Waals surface area contributed by atoms with E-state index in [4.69, 9.17) is 9.47 Å². The number of hydrogen-bond acceptors (Lipinski definition) is 5. The van der Waals surface area contributed by atoms with Gasteiger partial charge in [0.2, 0.25) is 11.8 Å². The summed E-state index contributed by atoms with van der Waals surface area (Å²) in [7, 11) is 1.48. The van der Waals surface area contributed by atoms with Crippen molar-refractivity contribution in [2.45, 2.75) is 16.1 Å². The lowest BCUT2D eigenvalue weighted by Crippen LogP contribution is -2.37. The molecule has 0 unspecified atom stereocenters. The smallest absolute Gasteiger partial charge is 0.347 e. The van der Waals surface area contributed by atoms with E-state index in [0.717, 1.165) is 6.42 Å². The van der Waals surface area contributed by atoms with Gasteiger partial charge in [0.1, 0.15) is 17.1 Å². The zero-order chi connectivity index (χ0) is 21.9. The lowest BCUT2D eigenvalue weighted by molar-refractivity contribution is -0.123. The molecule has 0 aromatic heterocycles. The number of alkyl halides is 2. The second-order valence-electron chi connectivity index (χ2n) is 8.10. The van der Waals surface area contributed by atoms with Crippen molar-refractivity contribution in [2.24, 2.45) is 23.7 Å². The Balaban J connectivity index is 1.40. The van der Waals surface area contributed by atoms with Crippen LogP contribution >= 0.6 is 31.9 Å². The maximum atomic E-state index is 13.2. The van der Waals surface area contributed by atoms with Gasteiger partial charge < -0.3 is 9.47 Å². The molecule has 0 N–H and O–H groups in total. The number of rotatable bonds is 4. The molecule has 3 aliphatic rings. The van der Waals surface area contributed by atoms with Gasteiger partial charge in [0, 0.05) is 15.7 Å². The predicted octanol–water partition coefficient (Wildman–Crippen LogP) is 4.20. The van der Waals surface area contributed by atoms with Crippen LogP contribution < -0.4 is 14.4 Å². The lowest BCUT2D eigenvalue weighted by Gasteiger charge is -2.28. The Bertz CT molecular complexity index is 1060. The molecule has 8 heteroatoms. The van der Waals surface area contributed by atoms with Crippen molar-refractivity contribution in [3.63, 3.8) is 0 Å². The molecular weight excluding hydrogens is 530 g/mol. The second kappa shape index (κ2) is 7.74. The lowest BCUT2D eigenvalue weighted by atomic mass is 9.81. The van der Waals surface area contributed by atoms with Crippen LogP contribution in [-0.2, 0) is 9.59 Å². The summed E-state index contributed by atoms with van der Waals surface area (Å²) in [6, 6.07) is 13.3. The standard InChI is InChI=1S/C23H19Br2NO5/c1-30-16-8-3-2-7-13(16)23(29)31-12-6-4-5-11(9-12)26-21(27)17-14-10-15(18(17)22(26)28)20(25)19(14)24/h2-9,14-15,17-20H,10H2,1H3/t14-,15-,17-,18+,19+,20+/m1/s1. The third-order valence-corrected chi connectivity index (χ3v) is 9.81. The molecule has 2 aromatic rings. The molecule has 160 valence electrons. The zero-order valence-corrected chi connectivity index (χ0v) is 19.7. The van der Waals surface area contributed by atoms with Crippen molar-refractivity contribution in [3.05, 3.63) is 54.1 Å². The summed E-state index contributed by atoms with van der Waals surface area (Å²) >= 11 is 7.39. The molecule has 2 amide bonds. The Hall–Kier alpha value is -2.19. The topological polar surface area (TPSA) is 72.9 Å². The molecule has 0 spiro atoms. The van der Waals surface area contributed by atoms with Gasteiger partial charge >= 0.3 is 5.97 Å². The van der Waals surface area contributed by atoms with Crippen LogP contribution in [0.25, 0.3) is 0 Å². The number of carbonyl (C=O) groups is 3. The fraction of sp³-hybridized carbons (Fsp3) is 0.348. The summed E-state index contributed by atoms with van der Waals surface area (Å²) in [6.45, 7) is 0. The van der Waals surface area contributed by atoms with E-state index in [1.807, 2.05) is 0 Å². The molecule has 1 saturated heterocycles. The summed E-state index contributed by atoms with van der Waals surface area (Å²) in [6.07, 6.45) is 0.878. The average molecular weight is 549 g/mol. The number of anilines is 1. The van der Waals surface area contributed by atoms with Gasteiger partial charge in [-0.2, -0.15) is 0 Å². The number of nitrogens with zero attached hydrogens (tertiary/aromatic N) is 1. The first-order valence-corrected chi connectivity index (χ1v) is 11.9. The van der Waals surface area contributed by atoms with Crippen LogP contribution in [0, 0.1) is 23.7 Å². The summed E-state index contributed by atoms with van der Waals surface area (Å²) < 4.78 is 10.7. The van der Waals surface area contributed by atoms with E-state index in [1.54, 1.807) is 48.5 Å². The Morgan fingerprint density at radius 1 is 0.968 bits per heavy atom. The van der Waals surface area contributed by atoms with E-state index < -0.39 is 5.97 Å². The molecule has 0 radical (unpaired) electrons. The highest BCUT2D eigenvalue weighted by Crippen LogP contribution is 2.60.